The predicted molar refractivity (Wildman–Crippen MR) is 110 cm³/mol. The maximum absolute atomic E-state index is 13.8. The number of halogens is 5. The van der Waals surface area contributed by atoms with Crippen LogP contribution in [0.25, 0.3) is 0 Å². The van der Waals surface area contributed by atoms with Crippen molar-refractivity contribution in [1.29, 1.82) is 0 Å². The van der Waals surface area contributed by atoms with Crippen LogP contribution in [-0.2, 0) is 6.54 Å². The van der Waals surface area contributed by atoms with Gasteiger partial charge in [-0.25, -0.2) is 9.07 Å². The number of amides is 1. The summed E-state index contributed by atoms with van der Waals surface area (Å²) in [5.41, 5.74) is 1.19. The van der Waals surface area contributed by atoms with Gasteiger partial charge >= 0.3 is 6.18 Å². The van der Waals surface area contributed by atoms with Crippen LogP contribution in [-0.4, -0.2) is 21.9 Å². The number of nitrogens with one attached hydrogen (secondary N) is 2. The molecule has 4 rings (SSSR count). The first-order chi connectivity index (χ1) is 14.7. The Kier molecular flexibility index (Phi) is 5.74. The fraction of sp³-hybridized carbons (Fsp3) is 0.238. The number of hydrogen-bond donors (Lipinski definition) is 2. The molecular formula is C21H17BrF4N4O. The molecule has 1 aromatic heterocycles. The lowest BCUT2D eigenvalue weighted by Crippen LogP contribution is -2.35. The van der Waals surface area contributed by atoms with Crippen molar-refractivity contribution in [2.45, 2.75) is 31.2 Å². The topological polar surface area (TPSA) is 59.0 Å². The summed E-state index contributed by atoms with van der Waals surface area (Å²) in [5, 5.41) is 9.64. The predicted octanol–water partition coefficient (Wildman–Crippen LogP) is 5.38. The largest absolute Gasteiger partial charge is 0.410 e. The van der Waals surface area contributed by atoms with Gasteiger partial charge in [-0.2, -0.15) is 18.3 Å². The van der Waals surface area contributed by atoms with Crippen LogP contribution >= 0.6 is 15.9 Å². The Morgan fingerprint density at radius 2 is 1.84 bits per heavy atom. The Labute approximate surface area is 183 Å². The summed E-state index contributed by atoms with van der Waals surface area (Å²) in [6, 6.07) is 11.9. The van der Waals surface area contributed by atoms with E-state index >= 15 is 0 Å². The number of benzene rings is 2. The van der Waals surface area contributed by atoms with Crippen molar-refractivity contribution in [2.75, 3.05) is 5.32 Å². The highest BCUT2D eigenvalue weighted by Crippen LogP contribution is 2.46. The average molecular weight is 497 g/mol. The van der Waals surface area contributed by atoms with E-state index in [1.165, 1.54) is 24.3 Å². The first-order valence-electron chi connectivity index (χ1n) is 9.43. The van der Waals surface area contributed by atoms with Gasteiger partial charge in [-0.1, -0.05) is 42.5 Å². The van der Waals surface area contributed by atoms with E-state index in [1.54, 1.807) is 30.3 Å². The van der Waals surface area contributed by atoms with Gasteiger partial charge in [-0.15, -0.1) is 0 Å². The number of rotatable bonds is 4. The van der Waals surface area contributed by atoms with Gasteiger partial charge in [-0.05, 0) is 39.2 Å². The van der Waals surface area contributed by atoms with E-state index in [4.69, 9.17) is 0 Å². The Hall–Kier alpha value is -2.88. The zero-order chi connectivity index (χ0) is 22.2. The molecule has 0 bridgehead atoms. The summed E-state index contributed by atoms with van der Waals surface area (Å²) < 4.78 is 55.4. The average Bonchev–Trinajstić information content (AvgIpc) is 3.09. The van der Waals surface area contributed by atoms with E-state index in [-0.39, 0.29) is 29.0 Å². The number of carbonyl (C=O) groups excluding carboxylic acids is 1. The molecule has 31 heavy (non-hydrogen) atoms. The maximum atomic E-state index is 13.8. The number of carbonyl (C=O) groups is 1. The van der Waals surface area contributed by atoms with E-state index in [9.17, 15) is 22.4 Å². The first-order valence-corrected chi connectivity index (χ1v) is 10.2. The molecule has 162 valence electrons. The molecular weight excluding hydrogens is 480 g/mol. The smallest absolute Gasteiger partial charge is 0.362 e. The minimum atomic E-state index is -4.54. The third-order valence-electron chi connectivity index (χ3n) is 5.08. The van der Waals surface area contributed by atoms with E-state index in [0.717, 1.165) is 4.68 Å². The fourth-order valence-electron chi connectivity index (χ4n) is 3.51. The van der Waals surface area contributed by atoms with Gasteiger partial charge in [0, 0.05) is 13.0 Å². The second-order valence-corrected chi connectivity index (χ2v) is 7.96. The molecule has 3 aromatic rings. The van der Waals surface area contributed by atoms with E-state index in [0.29, 0.717) is 11.1 Å². The molecule has 0 fully saturated rings. The van der Waals surface area contributed by atoms with Gasteiger partial charge in [0.2, 0.25) is 0 Å². The summed E-state index contributed by atoms with van der Waals surface area (Å²) in [6.45, 7) is 0.0799. The Bertz CT molecular complexity index is 1080. The van der Waals surface area contributed by atoms with Crippen LogP contribution in [0.1, 0.15) is 40.1 Å². The lowest BCUT2D eigenvalue weighted by molar-refractivity contribution is -0.173. The second-order valence-electron chi connectivity index (χ2n) is 7.17. The monoisotopic (exact) mass is 496 g/mol. The quantitative estimate of drug-likeness (QED) is 0.477. The Morgan fingerprint density at radius 3 is 2.48 bits per heavy atom. The fourth-order valence-corrected chi connectivity index (χ4v) is 4.06. The number of anilines is 1. The van der Waals surface area contributed by atoms with Crippen LogP contribution in [0.3, 0.4) is 0 Å². The number of alkyl halides is 3. The molecule has 0 unspecified atom stereocenters. The van der Waals surface area contributed by atoms with Gasteiger partial charge in [0.05, 0.1) is 10.5 Å². The molecule has 2 atom stereocenters. The van der Waals surface area contributed by atoms with Crippen LogP contribution in [0.2, 0.25) is 0 Å². The van der Waals surface area contributed by atoms with E-state index in [2.05, 4.69) is 31.7 Å². The highest BCUT2D eigenvalue weighted by Gasteiger charge is 2.47. The lowest BCUT2D eigenvalue weighted by Gasteiger charge is -2.33. The summed E-state index contributed by atoms with van der Waals surface area (Å²) in [7, 11) is 0. The third kappa shape index (κ3) is 4.43. The van der Waals surface area contributed by atoms with Gasteiger partial charge in [-0.3, -0.25) is 4.79 Å². The highest BCUT2D eigenvalue weighted by atomic mass is 79.9. The Balaban J connectivity index is 1.62. The molecule has 0 aliphatic carbocycles. The van der Waals surface area contributed by atoms with Crippen molar-refractivity contribution in [3.8, 4) is 0 Å². The molecule has 2 aromatic carbocycles. The molecule has 10 heteroatoms. The molecule has 2 N–H and O–H groups in total. The summed E-state index contributed by atoms with van der Waals surface area (Å²) >= 11 is 3.24. The molecule has 1 aliphatic heterocycles. The minimum absolute atomic E-state index is 0.0799. The summed E-state index contributed by atoms with van der Waals surface area (Å²) in [5.74, 6) is -0.955. The van der Waals surface area contributed by atoms with Crippen molar-refractivity contribution in [3.63, 3.8) is 0 Å². The maximum Gasteiger partial charge on any atom is 0.410 e. The molecule has 0 saturated heterocycles. The number of fused-ring (bicyclic) bond motifs is 1. The lowest BCUT2D eigenvalue weighted by atomic mass is 9.97. The van der Waals surface area contributed by atoms with Crippen LogP contribution in [0, 0.1) is 5.82 Å². The minimum Gasteiger partial charge on any atom is -0.362 e. The van der Waals surface area contributed by atoms with Crippen LogP contribution in [0.5, 0.6) is 0 Å². The van der Waals surface area contributed by atoms with Crippen LogP contribution in [0.4, 0.5) is 23.4 Å². The molecule has 0 radical (unpaired) electrons. The molecule has 2 heterocycles. The van der Waals surface area contributed by atoms with Crippen molar-refractivity contribution in [1.82, 2.24) is 15.1 Å². The molecule has 1 aliphatic rings. The molecule has 0 spiro atoms. The molecule has 1 amide bonds. The first kappa shape index (κ1) is 21.4. The van der Waals surface area contributed by atoms with Crippen molar-refractivity contribution >= 4 is 27.7 Å². The molecule has 0 saturated carbocycles. The third-order valence-corrected chi connectivity index (χ3v) is 5.83. The highest BCUT2D eigenvalue weighted by molar-refractivity contribution is 9.10. The van der Waals surface area contributed by atoms with E-state index < -0.39 is 30.0 Å². The van der Waals surface area contributed by atoms with Gasteiger partial charge in [0.15, 0.2) is 11.7 Å². The zero-order valence-electron chi connectivity index (χ0n) is 16.0. The zero-order valence-corrected chi connectivity index (χ0v) is 17.5. The van der Waals surface area contributed by atoms with Gasteiger partial charge in [0.25, 0.3) is 5.91 Å². The number of nitrogens with zero attached hydrogens (tertiary/aromatic N) is 2. The molecule has 5 nitrogen and oxygen atoms in total. The second kappa shape index (κ2) is 8.33. The number of hydrogen-bond acceptors (Lipinski definition) is 3. The Morgan fingerprint density at radius 1 is 1.16 bits per heavy atom. The standard InChI is InChI=1S/C21H17BrF4N4O/c22-17-18(20(31)27-11-12-6-8-14(23)9-7-12)29-30-16(21(24,25)26)10-15(28-19(17)30)13-4-2-1-3-5-13/h1-9,15-16,28H,10-11H2,(H,27,31)/t15-,16+/m1/s1. The van der Waals surface area contributed by atoms with E-state index in [1.807, 2.05) is 0 Å². The number of aromatic nitrogens is 2. The summed E-state index contributed by atoms with van der Waals surface area (Å²) in [4.78, 5) is 12.6. The summed E-state index contributed by atoms with van der Waals surface area (Å²) in [6.07, 6.45) is -4.80. The van der Waals surface area contributed by atoms with Crippen LogP contribution in [0.15, 0.2) is 59.1 Å². The van der Waals surface area contributed by atoms with Crippen molar-refractivity contribution < 1.29 is 22.4 Å². The van der Waals surface area contributed by atoms with Gasteiger partial charge < -0.3 is 10.6 Å². The van der Waals surface area contributed by atoms with Crippen LogP contribution < -0.4 is 10.6 Å². The van der Waals surface area contributed by atoms with Gasteiger partial charge in [0.1, 0.15) is 11.6 Å². The van der Waals surface area contributed by atoms with Crippen molar-refractivity contribution in [3.05, 3.63) is 81.7 Å². The SMILES string of the molecule is O=C(NCc1ccc(F)cc1)c1nn2c(c1Br)N[C@@H](c1ccccc1)C[C@H]2C(F)(F)F. The van der Waals surface area contributed by atoms with Crippen molar-refractivity contribution in [2.24, 2.45) is 0 Å². The normalized spacial score (nSPS) is 18.2.